The molecule has 1 saturated carbocycles. The third-order valence-corrected chi connectivity index (χ3v) is 8.16. The van der Waals surface area contributed by atoms with E-state index in [4.69, 9.17) is 9.47 Å². The Bertz CT molecular complexity index is 1610. The number of aromatic hydroxyl groups is 1. The van der Waals surface area contributed by atoms with Crippen LogP contribution < -0.4 is 15.0 Å². The van der Waals surface area contributed by atoms with Gasteiger partial charge in [-0.1, -0.05) is 24.3 Å². The maximum absolute atomic E-state index is 14.8. The lowest BCUT2D eigenvalue weighted by atomic mass is 9.78. The van der Waals surface area contributed by atoms with Crippen molar-refractivity contribution in [1.82, 2.24) is 4.90 Å². The van der Waals surface area contributed by atoms with Crippen molar-refractivity contribution in [2.75, 3.05) is 29.9 Å². The molecular formula is C34H36FN3O6. The fraction of sp³-hybridized carbons (Fsp3) is 0.382. The number of nitrogens with one attached hydrogen (secondary N) is 1. The Balaban J connectivity index is 1.38. The van der Waals surface area contributed by atoms with Gasteiger partial charge in [0.2, 0.25) is 5.91 Å². The Labute approximate surface area is 255 Å². The third kappa shape index (κ3) is 6.20. The average molecular weight is 602 g/mol. The molecule has 0 bridgehead atoms. The van der Waals surface area contributed by atoms with Crippen LogP contribution in [0.25, 0.3) is 11.1 Å². The predicted molar refractivity (Wildman–Crippen MR) is 163 cm³/mol. The van der Waals surface area contributed by atoms with Crippen molar-refractivity contribution < 1.29 is 33.4 Å². The van der Waals surface area contributed by atoms with Crippen molar-refractivity contribution in [3.05, 3.63) is 72.0 Å². The van der Waals surface area contributed by atoms with Gasteiger partial charge in [-0.3, -0.25) is 9.59 Å². The zero-order valence-electron chi connectivity index (χ0n) is 25.0. The van der Waals surface area contributed by atoms with Crippen molar-refractivity contribution in [2.45, 2.75) is 57.6 Å². The number of likely N-dealkylation sites (tertiary alicyclic amines) is 1. The second-order valence-electron chi connectivity index (χ2n) is 12.7. The summed E-state index contributed by atoms with van der Waals surface area (Å²) >= 11 is 0. The van der Waals surface area contributed by atoms with Crippen LogP contribution in [0.3, 0.4) is 0 Å². The SMILES string of the molecule is CC(C)(C)OC(=O)N1CC[C@H](c2cc(O)cc(-c3ccccc3F)c2)[C@@H](C(=O)N(c2ccc3c(c2)NC(=O)CO3)C2CC2)C1. The largest absolute Gasteiger partial charge is 0.508 e. The van der Waals surface area contributed by atoms with Crippen molar-refractivity contribution in [1.29, 1.82) is 0 Å². The topological polar surface area (TPSA) is 108 Å². The van der Waals surface area contributed by atoms with E-state index in [0.29, 0.717) is 46.8 Å². The van der Waals surface area contributed by atoms with Crippen molar-refractivity contribution in [3.63, 3.8) is 0 Å². The van der Waals surface area contributed by atoms with Gasteiger partial charge in [0.25, 0.3) is 5.91 Å². The monoisotopic (exact) mass is 601 g/mol. The van der Waals surface area contributed by atoms with Gasteiger partial charge in [0, 0.05) is 30.4 Å². The molecule has 3 aromatic carbocycles. The molecule has 1 saturated heterocycles. The first-order valence-corrected chi connectivity index (χ1v) is 14.9. The number of phenolic OH excluding ortho intramolecular Hbond substituents is 1. The molecule has 2 aliphatic heterocycles. The molecule has 0 radical (unpaired) electrons. The molecule has 230 valence electrons. The van der Waals surface area contributed by atoms with Crippen LogP contribution in [-0.2, 0) is 14.3 Å². The number of carbonyl (C=O) groups is 3. The number of carbonyl (C=O) groups excluding carboxylic acids is 3. The molecule has 44 heavy (non-hydrogen) atoms. The molecule has 2 N–H and O–H groups in total. The number of piperidine rings is 1. The lowest BCUT2D eigenvalue weighted by Crippen LogP contribution is -2.51. The van der Waals surface area contributed by atoms with Gasteiger partial charge in [-0.05, 0) is 93.5 Å². The molecule has 1 aliphatic carbocycles. The summed E-state index contributed by atoms with van der Waals surface area (Å²) in [4.78, 5) is 43.2. The van der Waals surface area contributed by atoms with E-state index in [1.165, 1.54) is 12.1 Å². The minimum Gasteiger partial charge on any atom is -0.508 e. The van der Waals surface area contributed by atoms with Crippen molar-refractivity contribution in [2.24, 2.45) is 5.92 Å². The first-order valence-electron chi connectivity index (χ1n) is 14.9. The highest BCUT2D eigenvalue weighted by Crippen LogP contribution is 2.43. The van der Waals surface area contributed by atoms with E-state index >= 15 is 0 Å². The third-order valence-electron chi connectivity index (χ3n) is 8.16. The Morgan fingerprint density at radius 3 is 2.57 bits per heavy atom. The van der Waals surface area contributed by atoms with E-state index < -0.39 is 23.4 Å². The van der Waals surface area contributed by atoms with Gasteiger partial charge < -0.3 is 29.7 Å². The van der Waals surface area contributed by atoms with Crippen molar-refractivity contribution in [3.8, 4) is 22.6 Å². The number of phenols is 1. The normalized spacial score (nSPS) is 19.8. The molecular weight excluding hydrogens is 565 g/mol. The van der Waals surface area contributed by atoms with Gasteiger partial charge in [0.1, 0.15) is 22.9 Å². The lowest BCUT2D eigenvalue weighted by Gasteiger charge is -2.40. The van der Waals surface area contributed by atoms with Crippen LogP contribution in [-0.4, -0.2) is 59.3 Å². The Hall–Kier alpha value is -4.60. The second-order valence-corrected chi connectivity index (χ2v) is 12.7. The Morgan fingerprint density at radius 1 is 1.07 bits per heavy atom. The van der Waals surface area contributed by atoms with E-state index in [2.05, 4.69) is 5.32 Å². The first-order chi connectivity index (χ1) is 21.0. The predicted octanol–water partition coefficient (Wildman–Crippen LogP) is 6.07. The standard InChI is InChI=1S/C34H36FN3O6/c1-34(2,3)44-33(42)37-13-12-25(20-14-21(16-24(39)15-20)26-6-4-5-7-28(26)35)27(18-37)32(41)38(22-8-9-22)23-10-11-30-29(17-23)36-31(40)19-43-30/h4-7,10-11,14-17,22,25,27,39H,8-9,12-13,18-19H2,1-3H3,(H,36,40)/t25-,27+/m1/s1. The van der Waals surface area contributed by atoms with E-state index in [-0.39, 0.29) is 42.7 Å². The minimum absolute atomic E-state index is 0.0311. The fourth-order valence-electron chi connectivity index (χ4n) is 6.04. The number of hydrogen-bond donors (Lipinski definition) is 2. The van der Waals surface area contributed by atoms with Gasteiger partial charge in [0.05, 0.1) is 11.6 Å². The zero-order chi connectivity index (χ0) is 31.2. The molecule has 2 heterocycles. The Kier molecular flexibility index (Phi) is 7.69. The summed E-state index contributed by atoms with van der Waals surface area (Å²) in [6, 6.07) is 16.6. The van der Waals surface area contributed by atoms with Crippen LogP contribution in [0.1, 0.15) is 51.5 Å². The quantitative estimate of drug-likeness (QED) is 0.368. The van der Waals surface area contributed by atoms with Gasteiger partial charge in [-0.2, -0.15) is 0 Å². The smallest absolute Gasteiger partial charge is 0.410 e. The molecule has 10 heteroatoms. The lowest BCUT2D eigenvalue weighted by molar-refractivity contribution is -0.124. The number of nitrogens with zero attached hydrogens (tertiary/aromatic N) is 2. The minimum atomic E-state index is -0.705. The molecule has 0 spiro atoms. The highest BCUT2D eigenvalue weighted by atomic mass is 19.1. The highest BCUT2D eigenvalue weighted by Gasteiger charge is 2.44. The van der Waals surface area contributed by atoms with Crippen LogP contribution in [0.2, 0.25) is 0 Å². The maximum Gasteiger partial charge on any atom is 0.410 e. The summed E-state index contributed by atoms with van der Waals surface area (Å²) in [7, 11) is 0. The van der Waals surface area contributed by atoms with E-state index in [0.717, 1.165) is 12.8 Å². The molecule has 9 nitrogen and oxygen atoms in total. The average Bonchev–Trinajstić information content (AvgIpc) is 3.81. The number of hydrogen-bond acceptors (Lipinski definition) is 6. The summed E-state index contributed by atoms with van der Waals surface area (Å²) in [6.45, 7) is 5.78. The number of anilines is 2. The van der Waals surface area contributed by atoms with Crippen molar-refractivity contribution >= 4 is 29.3 Å². The van der Waals surface area contributed by atoms with Gasteiger partial charge in [-0.15, -0.1) is 0 Å². The molecule has 2 fully saturated rings. The molecule has 6 rings (SSSR count). The number of rotatable bonds is 5. The number of fused-ring (bicyclic) bond motifs is 1. The first kappa shape index (κ1) is 29.5. The number of ether oxygens (including phenoxy) is 2. The summed E-state index contributed by atoms with van der Waals surface area (Å²) in [5.41, 5.74) is 1.95. The number of halogens is 1. The van der Waals surface area contributed by atoms with Crippen LogP contribution in [0.15, 0.2) is 60.7 Å². The van der Waals surface area contributed by atoms with E-state index in [1.807, 2.05) is 6.07 Å². The van der Waals surface area contributed by atoms with Crippen LogP contribution >= 0.6 is 0 Å². The molecule has 3 aliphatic rings. The highest BCUT2D eigenvalue weighted by molar-refractivity contribution is 6.00. The molecule has 0 unspecified atom stereocenters. The van der Waals surface area contributed by atoms with Gasteiger partial charge in [0.15, 0.2) is 6.61 Å². The number of benzene rings is 3. The molecule has 2 atom stereocenters. The molecule has 0 aromatic heterocycles. The fourth-order valence-corrected chi connectivity index (χ4v) is 6.04. The zero-order valence-corrected chi connectivity index (χ0v) is 25.0. The summed E-state index contributed by atoms with van der Waals surface area (Å²) in [5.74, 6) is -1.43. The maximum atomic E-state index is 14.8. The van der Waals surface area contributed by atoms with Gasteiger partial charge in [-0.25, -0.2) is 9.18 Å². The van der Waals surface area contributed by atoms with Crippen LogP contribution in [0.4, 0.5) is 20.6 Å². The Morgan fingerprint density at radius 2 is 1.84 bits per heavy atom. The second kappa shape index (κ2) is 11.5. The summed E-state index contributed by atoms with van der Waals surface area (Å²) in [5, 5.41) is 13.6. The summed E-state index contributed by atoms with van der Waals surface area (Å²) < 4.78 is 25.9. The van der Waals surface area contributed by atoms with E-state index in [1.54, 1.807) is 73.0 Å². The van der Waals surface area contributed by atoms with Crippen LogP contribution in [0.5, 0.6) is 11.5 Å². The van der Waals surface area contributed by atoms with E-state index in [9.17, 15) is 23.9 Å². The number of amides is 3. The van der Waals surface area contributed by atoms with Gasteiger partial charge >= 0.3 is 6.09 Å². The summed E-state index contributed by atoms with van der Waals surface area (Å²) in [6.07, 6.45) is 1.58. The molecule has 3 aromatic rings. The molecule has 3 amide bonds. The van der Waals surface area contributed by atoms with Crippen LogP contribution in [0, 0.1) is 11.7 Å².